The number of fused-ring (bicyclic) bond motifs is 2. The number of rotatable bonds is 4. The van der Waals surface area contributed by atoms with Crippen LogP contribution in [0.2, 0.25) is 0 Å². The van der Waals surface area contributed by atoms with Crippen LogP contribution in [0.3, 0.4) is 0 Å². The van der Waals surface area contributed by atoms with Gasteiger partial charge in [0.05, 0.1) is 0 Å². The van der Waals surface area contributed by atoms with Crippen LogP contribution in [0.4, 0.5) is 0 Å². The number of hydrogen-bond acceptors (Lipinski definition) is 2. The van der Waals surface area contributed by atoms with E-state index in [9.17, 15) is 0 Å². The second kappa shape index (κ2) is 4.89. The van der Waals surface area contributed by atoms with Gasteiger partial charge < -0.3 is 11.1 Å². The summed E-state index contributed by atoms with van der Waals surface area (Å²) in [5, 5.41) is 3.93. The zero-order valence-corrected chi connectivity index (χ0v) is 11.2. The molecule has 6 unspecified atom stereocenters. The number of hydrogen-bond donors (Lipinski definition) is 2. The molecular weight excluding hydrogens is 208 g/mol. The molecule has 0 spiro atoms. The summed E-state index contributed by atoms with van der Waals surface area (Å²) in [4.78, 5) is 0. The van der Waals surface area contributed by atoms with Gasteiger partial charge in [-0.2, -0.15) is 0 Å². The quantitative estimate of drug-likeness (QED) is 0.787. The fourth-order valence-electron chi connectivity index (χ4n) is 4.91. The first-order chi connectivity index (χ1) is 8.28. The molecule has 0 aromatic rings. The second-order valence-electron chi connectivity index (χ2n) is 6.83. The third-order valence-electron chi connectivity index (χ3n) is 5.87. The molecule has 3 saturated carbocycles. The average molecular weight is 236 g/mol. The highest BCUT2D eigenvalue weighted by Gasteiger charge is 2.42. The van der Waals surface area contributed by atoms with E-state index in [1.807, 2.05) is 0 Å². The van der Waals surface area contributed by atoms with E-state index in [1.165, 1.54) is 44.9 Å². The Morgan fingerprint density at radius 1 is 1.18 bits per heavy atom. The molecule has 3 aliphatic carbocycles. The smallest absolute Gasteiger partial charge is 0.0110 e. The lowest BCUT2D eigenvalue weighted by atomic mass is 9.83. The van der Waals surface area contributed by atoms with Gasteiger partial charge in [0.25, 0.3) is 0 Å². The third kappa shape index (κ3) is 2.26. The van der Waals surface area contributed by atoms with E-state index in [0.29, 0.717) is 6.04 Å². The number of nitrogens with two attached hydrogens (primary N) is 1. The Kier molecular flexibility index (Phi) is 3.45. The molecule has 0 amide bonds. The molecule has 0 aromatic heterocycles. The highest BCUT2D eigenvalue weighted by Crippen LogP contribution is 2.49. The van der Waals surface area contributed by atoms with Gasteiger partial charge >= 0.3 is 0 Å². The van der Waals surface area contributed by atoms with Crippen molar-refractivity contribution in [2.75, 3.05) is 6.54 Å². The van der Waals surface area contributed by atoms with E-state index >= 15 is 0 Å². The van der Waals surface area contributed by atoms with Crippen molar-refractivity contribution >= 4 is 0 Å². The van der Waals surface area contributed by atoms with Gasteiger partial charge in [0, 0.05) is 12.1 Å². The Balaban J connectivity index is 1.54. The molecule has 3 fully saturated rings. The molecule has 0 radical (unpaired) electrons. The van der Waals surface area contributed by atoms with Crippen molar-refractivity contribution in [1.29, 1.82) is 0 Å². The van der Waals surface area contributed by atoms with Crippen LogP contribution < -0.4 is 11.1 Å². The normalized spacial score (nSPS) is 46.6. The van der Waals surface area contributed by atoms with Gasteiger partial charge in [-0.05, 0) is 69.2 Å². The molecule has 3 rings (SSSR count). The van der Waals surface area contributed by atoms with Gasteiger partial charge in [0.1, 0.15) is 0 Å². The first-order valence-electron chi connectivity index (χ1n) is 7.74. The Morgan fingerprint density at radius 3 is 2.71 bits per heavy atom. The van der Waals surface area contributed by atoms with Gasteiger partial charge in [-0.1, -0.05) is 12.8 Å². The lowest BCUT2D eigenvalue weighted by Gasteiger charge is -2.32. The maximum Gasteiger partial charge on any atom is 0.0110 e. The standard InChI is InChI=1S/C15H28N2/c1-10(14-8-11-5-6-12(14)7-11)17-15-4-2-3-13(15)9-16/h10-15,17H,2-9,16H2,1H3. The molecule has 2 heteroatoms. The highest BCUT2D eigenvalue weighted by molar-refractivity contribution is 4.96. The topological polar surface area (TPSA) is 38.0 Å². The first kappa shape index (κ1) is 12.0. The zero-order valence-electron chi connectivity index (χ0n) is 11.2. The van der Waals surface area contributed by atoms with Crippen molar-refractivity contribution in [2.24, 2.45) is 29.4 Å². The summed E-state index contributed by atoms with van der Waals surface area (Å²) in [5.74, 6) is 3.83. The zero-order chi connectivity index (χ0) is 11.8. The van der Waals surface area contributed by atoms with Crippen LogP contribution in [-0.4, -0.2) is 18.6 Å². The van der Waals surface area contributed by atoms with Crippen molar-refractivity contribution in [1.82, 2.24) is 5.32 Å². The van der Waals surface area contributed by atoms with Gasteiger partial charge in [-0.25, -0.2) is 0 Å². The highest BCUT2D eigenvalue weighted by atomic mass is 15.0. The van der Waals surface area contributed by atoms with Crippen molar-refractivity contribution in [3.8, 4) is 0 Å². The predicted octanol–water partition coefficient (Wildman–Crippen LogP) is 2.53. The summed E-state index contributed by atoms with van der Waals surface area (Å²) in [5.41, 5.74) is 5.87. The molecule has 2 nitrogen and oxygen atoms in total. The van der Waals surface area contributed by atoms with E-state index in [1.54, 1.807) is 0 Å². The van der Waals surface area contributed by atoms with Gasteiger partial charge in [0.2, 0.25) is 0 Å². The van der Waals surface area contributed by atoms with Crippen LogP contribution in [0.5, 0.6) is 0 Å². The summed E-state index contributed by atoms with van der Waals surface area (Å²) in [6.07, 6.45) is 10.1. The third-order valence-corrected chi connectivity index (χ3v) is 5.87. The van der Waals surface area contributed by atoms with Crippen LogP contribution in [0.1, 0.15) is 51.9 Å². The minimum atomic E-state index is 0.717. The molecule has 3 aliphatic rings. The lowest BCUT2D eigenvalue weighted by Crippen LogP contribution is -2.45. The van der Waals surface area contributed by atoms with Crippen LogP contribution in [0.15, 0.2) is 0 Å². The van der Waals surface area contributed by atoms with E-state index in [2.05, 4.69) is 12.2 Å². The van der Waals surface area contributed by atoms with Crippen molar-refractivity contribution in [2.45, 2.75) is 64.0 Å². The van der Waals surface area contributed by atoms with Gasteiger partial charge in [0.15, 0.2) is 0 Å². The SMILES string of the molecule is CC(NC1CCCC1CN)C1CC2CCC1C2. The van der Waals surface area contributed by atoms with Crippen LogP contribution >= 0.6 is 0 Å². The Labute approximate surface area is 106 Å². The first-order valence-corrected chi connectivity index (χ1v) is 7.74. The van der Waals surface area contributed by atoms with Crippen molar-refractivity contribution in [3.63, 3.8) is 0 Å². The molecular formula is C15H28N2. The van der Waals surface area contributed by atoms with Gasteiger partial charge in [-0.3, -0.25) is 0 Å². The number of nitrogens with one attached hydrogen (secondary N) is 1. The van der Waals surface area contributed by atoms with Gasteiger partial charge in [-0.15, -0.1) is 0 Å². The average Bonchev–Trinajstić information content (AvgIpc) is 3.03. The molecule has 2 bridgehead atoms. The van der Waals surface area contributed by atoms with E-state index < -0.39 is 0 Å². The minimum absolute atomic E-state index is 0.717. The van der Waals surface area contributed by atoms with E-state index in [0.717, 1.165) is 36.3 Å². The predicted molar refractivity (Wildman–Crippen MR) is 71.7 cm³/mol. The van der Waals surface area contributed by atoms with Crippen LogP contribution in [0.25, 0.3) is 0 Å². The van der Waals surface area contributed by atoms with Crippen molar-refractivity contribution in [3.05, 3.63) is 0 Å². The minimum Gasteiger partial charge on any atom is -0.330 e. The molecule has 3 N–H and O–H groups in total. The summed E-state index contributed by atoms with van der Waals surface area (Å²) in [6, 6.07) is 1.44. The van der Waals surface area contributed by atoms with E-state index in [4.69, 9.17) is 5.73 Å². The molecule has 0 aromatic carbocycles. The molecule has 0 saturated heterocycles. The fraction of sp³-hybridized carbons (Fsp3) is 1.00. The van der Waals surface area contributed by atoms with E-state index in [-0.39, 0.29) is 0 Å². The monoisotopic (exact) mass is 236 g/mol. The second-order valence-corrected chi connectivity index (χ2v) is 6.83. The largest absolute Gasteiger partial charge is 0.330 e. The lowest BCUT2D eigenvalue weighted by molar-refractivity contribution is 0.232. The van der Waals surface area contributed by atoms with Crippen LogP contribution in [0, 0.1) is 23.7 Å². The fourth-order valence-corrected chi connectivity index (χ4v) is 4.91. The van der Waals surface area contributed by atoms with Crippen molar-refractivity contribution < 1.29 is 0 Å². The Morgan fingerprint density at radius 2 is 2.06 bits per heavy atom. The maximum absolute atomic E-state index is 5.87. The molecule has 98 valence electrons. The molecule has 0 aliphatic heterocycles. The van der Waals surface area contributed by atoms with Crippen LogP contribution in [-0.2, 0) is 0 Å². The summed E-state index contributed by atoms with van der Waals surface area (Å²) in [6.45, 7) is 3.30. The summed E-state index contributed by atoms with van der Waals surface area (Å²) < 4.78 is 0. The molecule has 6 atom stereocenters. The maximum atomic E-state index is 5.87. The molecule has 17 heavy (non-hydrogen) atoms. The summed E-state index contributed by atoms with van der Waals surface area (Å²) >= 11 is 0. The Bertz CT molecular complexity index is 266. The Hall–Kier alpha value is -0.0800. The molecule has 0 heterocycles. The summed E-state index contributed by atoms with van der Waals surface area (Å²) in [7, 11) is 0.